The molecular formula is C18H24N2O5. The van der Waals surface area contributed by atoms with Crippen LogP contribution in [0.1, 0.15) is 37.7 Å². The molecule has 2 rings (SSSR count). The lowest BCUT2D eigenvalue weighted by Gasteiger charge is -2.27. The van der Waals surface area contributed by atoms with E-state index in [-0.39, 0.29) is 25.0 Å². The number of carboxylic acid groups (broad SMARTS) is 1. The molecule has 0 heterocycles. The van der Waals surface area contributed by atoms with E-state index in [1.54, 1.807) is 0 Å². The molecule has 7 heteroatoms. The molecule has 1 aliphatic carbocycles. The first-order chi connectivity index (χ1) is 12.0. The minimum Gasteiger partial charge on any atom is -0.481 e. The fourth-order valence-corrected chi connectivity index (χ4v) is 2.86. The highest BCUT2D eigenvalue weighted by Crippen LogP contribution is 2.24. The van der Waals surface area contributed by atoms with E-state index in [0.717, 1.165) is 5.56 Å². The van der Waals surface area contributed by atoms with Gasteiger partial charge >= 0.3 is 11.9 Å². The molecule has 0 saturated heterocycles. The highest BCUT2D eigenvalue weighted by molar-refractivity contribution is 5.86. The lowest BCUT2D eigenvalue weighted by Crippen LogP contribution is -2.47. The number of rotatable bonds is 7. The molecule has 0 aromatic heterocycles. The third-order valence-corrected chi connectivity index (χ3v) is 4.39. The summed E-state index contributed by atoms with van der Waals surface area (Å²) in [5.41, 5.74) is 6.64. The Balaban J connectivity index is 1.69. The molecule has 0 aliphatic heterocycles. The van der Waals surface area contributed by atoms with Crippen LogP contribution in [0.2, 0.25) is 0 Å². The number of hydrogen-bond acceptors (Lipinski definition) is 5. The Kier molecular flexibility index (Phi) is 6.94. The standard InChI is InChI=1S/C18H24N2O5/c19-15(10-16(21)25-11-12-4-2-1-3-5-12)17(22)20-14-8-6-13(7-9-14)18(23)24/h1-5,13-15H,6-11,19H2,(H,20,22)(H,23,24)/t13?,14?,15-/m0/s1. The van der Waals surface area contributed by atoms with Gasteiger partial charge in [0.05, 0.1) is 18.4 Å². The van der Waals surface area contributed by atoms with Crippen LogP contribution in [0, 0.1) is 5.92 Å². The molecule has 1 aromatic carbocycles. The SMILES string of the molecule is N[C@@H](CC(=O)OCc1ccccc1)C(=O)NC1CCC(C(=O)O)CC1. The van der Waals surface area contributed by atoms with E-state index in [0.29, 0.717) is 25.7 Å². The van der Waals surface area contributed by atoms with Gasteiger partial charge in [-0.05, 0) is 31.2 Å². The van der Waals surface area contributed by atoms with Crippen LogP contribution in [0.15, 0.2) is 30.3 Å². The molecule has 1 amide bonds. The second-order valence-electron chi connectivity index (χ2n) is 6.35. The first kappa shape index (κ1) is 18.9. The summed E-state index contributed by atoms with van der Waals surface area (Å²) in [6.45, 7) is 0.146. The van der Waals surface area contributed by atoms with E-state index >= 15 is 0 Å². The Morgan fingerprint density at radius 3 is 2.40 bits per heavy atom. The van der Waals surface area contributed by atoms with Gasteiger partial charge in [0.15, 0.2) is 0 Å². The number of ether oxygens (including phenoxy) is 1. The maximum absolute atomic E-state index is 12.1. The molecular weight excluding hydrogens is 324 g/mol. The fraction of sp³-hybridized carbons (Fsp3) is 0.500. The zero-order chi connectivity index (χ0) is 18.2. The first-order valence-electron chi connectivity index (χ1n) is 8.44. The van der Waals surface area contributed by atoms with Crippen LogP contribution in [0.25, 0.3) is 0 Å². The molecule has 0 bridgehead atoms. The molecule has 1 fully saturated rings. The smallest absolute Gasteiger partial charge is 0.308 e. The zero-order valence-corrected chi connectivity index (χ0v) is 14.0. The topological polar surface area (TPSA) is 119 Å². The highest BCUT2D eigenvalue weighted by Gasteiger charge is 2.28. The summed E-state index contributed by atoms with van der Waals surface area (Å²) in [6.07, 6.45) is 2.09. The van der Waals surface area contributed by atoms with Crippen LogP contribution in [0.4, 0.5) is 0 Å². The van der Waals surface area contributed by atoms with Crippen molar-refractivity contribution in [2.45, 2.75) is 50.8 Å². The maximum atomic E-state index is 12.1. The van der Waals surface area contributed by atoms with Gasteiger partial charge in [-0.15, -0.1) is 0 Å². The average Bonchev–Trinajstić information content (AvgIpc) is 2.61. The van der Waals surface area contributed by atoms with Crippen LogP contribution in [0.3, 0.4) is 0 Å². The van der Waals surface area contributed by atoms with Crippen molar-refractivity contribution >= 4 is 17.8 Å². The van der Waals surface area contributed by atoms with Crippen molar-refractivity contribution < 1.29 is 24.2 Å². The van der Waals surface area contributed by atoms with Crippen LogP contribution >= 0.6 is 0 Å². The van der Waals surface area contributed by atoms with Crippen LogP contribution in [-0.2, 0) is 25.7 Å². The monoisotopic (exact) mass is 348 g/mol. The van der Waals surface area contributed by atoms with Gasteiger partial charge in [-0.3, -0.25) is 14.4 Å². The van der Waals surface area contributed by atoms with Crippen molar-refractivity contribution in [1.29, 1.82) is 0 Å². The number of carboxylic acids is 1. The number of amides is 1. The quantitative estimate of drug-likeness (QED) is 0.637. The van der Waals surface area contributed by atoms with Crippen LogP contribution < -0.4 is 11.1 Å². The zero-order valence-electron chi connectivity index (χ0n) is 14.0. The number of nitrogens with two attached hydrogens (primary N) is 1. The van der Waals surface area contributed by atoms with Crippen molar-refractivity contribution in [3.05, 3.63) is 35.9 Å². The summed E-state index contributed by atoms with van der Waals surface area (Å²) >= 11 is 0. The van der Waals surface area contributed by atoms with Gasteiger partial charge in [0.25, 0.3) is 0 Å². The molecule has 0 spiro atoms. The van der Waals surface area contributed by atoms with Gasteiger partial charge in [-0.1, -0.05) is 30.3 Å². The molecule has 1 saturated carbocycles. The van der Waals surface area contributed by atoms with Gasteiger partial charge < -0.3 is 20.9 Å². The summed E-state index contributed by atoms with van der Waals surface area (Å²) in [4.78, 5) is 34.8. The van der Waals surface area contributed by atoms with Crippen LogP contribution in [0.5, 0.6) is 0 Å². The lowest BCUT2D eigenvalue weighted by molar-refractivity contribution is -0.147. The second kappa shape index (κ2) is 9.17. The number of benzene rings is 1. The van der Waals surface area contributed by atoms with E-state index in [9.17, 15) is 14.4 Å². The largest absolute Gasteiger partial charge is 0.481 e. The fourth-order valence-electron chi connectivity index (χ4n) is 2.86. The van der Waals surface area contributed by atoms with E-state index in [1.807, 2.05) is 30.3 Å². The van der Waals surface area contributed by atoms with Crippen LogP contribution in [-0.4, -0.2) is 35.0 Å². The van der Waals surface area contributed by atoms with Gasteiger partial charge in [0.2, 0.25) is 5.91 Å². The van der Waals surface area contributed by atoms with Gasteiger partial charge in [-0.25, -0.2) is 0 Å². The summed E-state index contributed by atoms with van der Waals surface area (Å²) in [7, 11) is 0. The lowest BCUT2D eigenvalue weighted by atomic mass is 9.86. The molecule has 0 unspecified atom stereocenters. The molecule has 4 N–H and O–H groups in total. The first-order valence-corrected chi connectivity index (χ1v) is 8.44. The molecule has 25 heavy (non-hydrogen) atoms. The van der Waals surface area contributed by atoms with E-state index in [1.165, 1.54) is 0 Å². The number of aliphatic carboxylic acids is 1. The van der Waals surface area contributed by atoms with Crippen molar-refractivity contribution in [1.82, 2.24) is 5.32 Å². The Morgan fingerprint density at radius 2 is 1.80 bits per heavy atom. The molecule has 1 aliphatic rings. The number of nitrogens with one attached hydrogen (secondary N) is 1. The molecule has 1 atom stereocenters. The number of esters is 1. The minimum atomic E-state index is -0.972. The highest BCUT2D eigenvalue weighted by atomic mass is 16.5. The average molecular weight is 348 g/mol. The van der Waals surface area contributed by atoms with Gasteiger partial charge in [0.1, 0.15) is 6.61 Å². The third-order valence-electron chi connectivity index (χ3n) is 4.39. The van der Waals surface area contributed by atoms with E-state index in [2.05, 4.69) is 5.32 Å². The molecule has 136 valence electrons. The maximum Gasteiger partial charge on any atom is 0.308 e. The number of hydrogen-bond donors (Lipinski definition) is 3. The van der Waals surface area contributed by atoms with Crippen molar-refractivity contribution in [3.63, 3.8) is 0 Å². The van der Waals surface area contributed by atoms with E-state index < -0.39 is 23.9 Å². The number of carbonyl (C=O) groups excluding carboxylic acids is 2. The molecule has 7 nitrogen and oxygen atoms in total. The summed E-state index contributed by atoms with van der Waals surface area (Å²) < 4.78 is 5.12. The third kappa shape index (κ3) is 6.19. The Labute approximate surface area is 146 Å². The second-order valence-corrected chi connectivity index (χ2v) is 6.35. The Hall–Kier alpha value is -2.41. The molecule has 0 radical (unpaired) electrons. The van der Waals surface area contributed by atoms with Crippen molar-refractivity contribution in [2.24, 2.45) is 11.7 Å². The van der Waals surface area contributed by atoms with Gasteiger partial charge in [-0.2, -0.15) is 0 Å². The van der Waals surface area contributed by atoms with Crippen molar-refractivity contribution in [3.8, 4) is 0 Å². The predicted molar refractivity (Wildman–Crippen MR) is 90.4 cm³/mol. The van der Waals surface area contributed by atoms with Crippen molar-refractivity contribution in [2.75, 3.05) is 0 Å². The Bertz CT molecular complexity index is 597. The normalized spacial score (nSPS) is 21.2. The number of carbonyl (C=O) groups is 3. The van der Waals surface area contributed by atoms with Gasteiger partial charge in [0, 0.05) is 6.04 Å². The Morgan fingerprint density at radius 1 is 1.16 bits per heavy atom. The molecule has 1 aromatic rings. The summed E-state index contributed by atoms with van der Waals surface area (Å²) in [6, 6.07) is 8.19. The summed E-state index contributed by atoms with van der Waals surface area (Å²) in [5.74, 6) is -2.06. The minimum absolute atomic E-state index is 0.0884. The summed E-state index contributed by atoms with van der Waals surface area (Å²) in [5, 5.41) is 11.8. The van der Waals surface area contributed by atoms with E-state index in [4.69, 9.17) is 15.6 Å². The predicted octanol–water partition coefficient (Wildman–Crippen LogP) is 1.21.